The monoisotopic (exact) mass is 686 g/mol. The van der Waals surface area contributed by atoms with Gasteiger partial charge in [0, 0.05) is 43.1 Å². The van der Waals surface area contributed by atoms with Gasteiger partial charge in [-0.05, 0) is 60.3 Å². The third kappa shape index (κ3) is 6.66. The summed E-state index contributed by atoms with van der Waals surface area (Å²) in [6.45, 7) is 13.8. The number of fused-ring (bicyclic) bond motifs is 3. The van der Waals surface area contributed by atoms with Crippen LogP contribution < -0.4 is 0 Å². The number of aliphatic hydroxyl groups is 2. The zero-order chi connectivity index (χ0) is 36.6. The lowest BCUT2D eigenvalue weighted by Gasteiger charge is -2.62. The van der Waals surface area contributed by atoms with Gasteiger partial charge < -0.3 is 29.2 Å². The standard InChI is InChI=1S/C40H46O10/c1-23-29(43)22-40(46)35(50-37(45)28-16-12-9-13-17-28)33-24(2)30(49-31(44)19-18-27-14-10-8-11-15-27)20-21-39(33,7)36(48-26(4)42)34(47-25(3)41)32(23)38(40,5)6/h8-19,29-30,33-36,43,46H,2,20-22H2,1,3-7H3. The lowest BCUT2D eigenvalue weighted by Crippen LogP contribution is -2.71. The molecule has 0 spiro atoms. The fourth-order valence-corrected chi connectivity index (χ4v) is 8.34. The quantitative estimate of drug-likeness (QED) is 0.165. The van der Waals surface area contributed by atoms with Crippen LogP contribution >= 0.6 is 0 Å². The zero-order valence-electron chi connectivity index (χ0n) is 29.4. The highest BCUT2D eigenvalue weighted by atomic mass is 16.6. The van der Waals surface area contributed by atoms with Gasteiger partial charge in [-0.25, -0.2) is 9.59 Å². The van der Waals surface area contributed by atoms with Crippen LogP contribution in [0.5, 0.6) is 0 Å². The van der Waals surface area contributed by atoms with E-state index in [9.17, 15) is 29.4 Å². The second-order valence-electron chi connectivity index (χ2n) is 14.4. The topological polar surface area (TPSA) is 146 Å². The first-order chi connectivity index (χ1) is 23.5. The molecule has 3 aliphatic carbocycles. The zero-order valence-corrected chi connectivity index (χ0v) is 29.4. The molecule has 0 aromatic heterocycles. The average molecular weight is 687 g/mol. The number of carbonyl (C=O) groups is 4. The maximum absolute atomic E-state index is 13.9. The van der Waals surface area contributed by atoms with Crippen LogP contribution in [0.4, 0.5) is 0 Å². The highest BCUT2D eigenvalue weighted by molar-refractivity contribution is 5.89. The number of carbonyl (C=O) groups excluding carboxylic acids is 4. The molecule has 266 valence electrons. The number of hydrogen-bond donors (Lipinski definition) is 2. The van der Waals surface area contributed by atoms with Gasteiger partial charge >= 0.3 is 23.9 Å². The van der Waals surface area contributed by atoms with Crippen molar-refractivity contribution in [3.05, 3.63) is 101 Å². The number of ether oxygens (including phenoxy) is 4. The molecule has 2 saturated carbocycles. The number of hydrogen-bond acceptors (Lipinski definition) is 10. The molecular formula is C40H46O10. The van der Waals surface area contributed by atoms with E-state index in [2.05, 4.69) is 6.58 Å². The lowest BCUT2D eigenvalue weighted by molar-refractivity contribution is -0.233. The Kier molecular flexibility index (Phi) is 10.3. The maximum atomic E-state index is 13.9. The summed E-state index contributed by atoms with van der Waals surface area (Å²) < 4.78 is 24.4. The van der Waals surface area contributed by atoms with Crippen LogP contribution in [0.25, 0.3) is 6.08 Å². The van der Waals surface area contributed by atoms with E-state index in [1.807, 2.05) is 37.3 Å². The number of benzene rings is 2. The molecule has 2 bridgehead atoms. The van der Waals surface area contributed by atoms with E-state index in [1.54, 1.807) is 57.2 Å². The van der Waals surface area contributed by atoms with E-state index >= 15 is 0 Å². The van der Waals surface area contributed by atoms with Gasteiger partial charge in [-0.2, -0.15) is 0 Å². The largest absolute Gasteiger partial charge is 0.458 e. The van der Waals surface area contributed by atoms with Crippen molar-refractivity contribution in [3.8, 4) is 0 Å². The summed E-state index contributed by atoms with van der Waals surface area (Å²) in [6.07, 6.45) is -2.78. The Morgan fingerprint density at radius 2 is 1.46 bits per heavy atom. The molecule has 2 fully saturated rings. The highest BCUT2D eigenvalue weighted by Gasteiger charge is 2.69. The highest BCUT2D eigenvalue weighted by Crippen LogP contribution is 2.62. The van der Waals surface area contributed by atoms with Gasteiger partial charge in [-0.15, -0.1) is 0 Å². The van der Waals surface area contributed by atoms with Crippen LogP contribution in [0.2, 0.25) is 0 Å². The molecule has 10 nitrogen and oxygen atoms in total. The van der Waals surface area contributed by atoms with Crippen LogP contribution in [-0.4, -0.2) is 70.2 Å². The minimum Gasteiger partial charge on any atom is -0.458 e. The number of esters is 4. The van der Waals surface area contributed by atoms with E-state index < -0.39 is 76.7 Å². The van der Waals surface area contributed by atoms with Crippen molar-refractivity contribution >= 4 is 30.0 Å². The van der Waals surface area contributed by atoms with E-state index in [1.165, 1.54) is 19.9 Å². The van der Waals surface area contributed by atoms with Crippen molar-refractivity contribution in [2.45, 2.75) is 96.9 Å². The maximum Gasteiger partial charge on any atom is 0.338 e. The first kappa shape index (κ1) is 36.7. The molecule has 0 amide bonds. The summed E-state index contributed by atoms with van der Waals surface area (Å²) >= 11 is 0. The molecule has 0 heterocycles. The molecule has 50 heavy (non-hydrogen) atoms. The van der Waals surface area contributed by atoms with Gasteiger partial charge in [0.25, 0.3) is 0 Å². The molecule has 0 aliphatic heterocycles. The molecule has 0 radical (unpaired) electrons. The van der Waals surface area contributed by atoms with Crippen LogP contribution in [0.15, 0.2) is 90.0 Å². The van der Waals surface area contributed by atoms with E-state index in [0.717, 1.165) is 5.56 Å². The van der Waals surface area contributed by atoms with E-state index in [0.29, 0.717) is 16.7 Å². The smallest absolute Gasteiger partial charge is 0.338 e. The normalized spacial score (nSPS) is 31.9. The first-order valence-electron chi connectivity index (χ1n) is 16.9. The second-order valence-corrected chi connectivity index (χ2v) is 14.4. The molecule has 10 heteroatoms. The predicted molar refractivity (Wildman–Crippen MR) is 184 cm³/mol. The van der Waals surface area contributed by atoms with Crippen LogP contribution in [0, 0.1) is 16.7 Å². The molecule has 5 rings (SSSR count). The van der Waals surface area contributed by atoms with Crippen LogP contribution in [0.1, 0.15) is 76.7 Å². The van der Waals surface area contributed by atoms with Gasteiger partial charge in [0.05, 0.1) is 11.7 Å². The molecule has 0 saturated heterocycles. The predicted octanol–water partition coefficient (Wildman–Crippen LogP) is 5.53. The van der Waals surface area contributed by atoms with Gasteiger partial charge in [0.1, 0.15) is 23.9 Å². The van der Waals surface area contributed by atoms with Crippen molar-refractivity contribution < 1.29 is 48.3 Å². The lowest BCUT2D eigenvalue weighted by atomic mass is 9.47. The minimum atomic E-state index is -1.99. The van der Waals surface area contributed by atoms with Gasteiger partial charge in [0.15, 0.2) is 6.10 Å². The van der Waals surface area contributed by atoms with Crippen molar-refractivity contribution in [2.24, 2.45) is 16.7 Å². The Labute approximate surface area is 292 Å². The minimum absolute atomic E-state index is 0.220. The third-order valence-corrected chi connectivity index (χ3v) is 10.9. The fourth-order valence-electron chi connectivity index (χ4n) is 8.34. The molecule has 2 aromatic carbocycles. The summed E-state index contributed by atoms with van der Waals surface area (Å²) in [6, 6.07) is 17.5. The first-order valence-corrected chi connectivity index (χ1v) is 16.9. The number of aliphatic hydroxyl groups excluding tert-OH is 1. The Morgan fingerprint density at radius 1 is 0.860 bits per heavy atom. The van der Waals surface area contributed by atoms with Crippen molar-refractivity contribution in [1.82, 2.24) is 0 Å². The Hall–Kier alpha value is -4.54. The van der Waals surface area contributed by atoms with Gasteiger partial charge in [0.2, 0.25) is 0 Å². The molecule has 8 atom stereocenters. The van der Waals surface area contributed by atoms with Crippen molar-refractivity contribution in [2.75, 3.05) is 0 Å². The fraction of sp³-hybridized carbons (Fsp3) is 0.450. The average Bonchev–Trinajstić information content (AvgIpc) is 3.06. The molecule has 3 aliphatic rings. The molecule has 2 N–H and O–H groups in total. The van der Waals surface area contributed by atoms with Crippen molar-refractivity contribution in [1.29, 1.82) is 0 Å². The van der Waals surface area contributed by atoms with E-state index in [-0.39, 0.29) is 24.8 Å². The Morgan fingerprint density at radius 3 is 2.06 bits per heavy atom. The second kappa shape index (κ2) is 14.0. The summed E-state index contributed by atoms with van der Waals surface area (Å²) in [5.41, 5.74) is -2.36. The van der Waals surface area contributed by atoms with Gasteiger partial charge in [-0.1, -0.05) is 75.9 Å². The summed E-state index contributed by atoms with van der Waals surface area (Å²) in [5, 5.41) is 24.6. The number of rotatable bonds is 7. The van der Waals surface area contributed by atoms with Crippen LogP contribution in [0.3, 0.4) is 0 Å². The van der Waals surface area contributed by atoms with Gasteiger partial charge in [-0.3, -0.25) is 9.59 Å². The summed E-state index contributed by atoms with van der Waals surface area (Å²) in [5.74, 6) is -3.71. The SMILES string of the molecule is C=C1C(OC(=O)C=Cc2ccccc2)CCC2(C)C(OC(C)=O)C(OC(C)=O)C3=C(C)C(O)CC(O)(C(OC(=O)c4ccccc4)C12)C3(C)C. The van der Waals surface area contributed by atoms with Crippen molar-refractivity contribution in [3.63, 3.8) is 0 Å². The Bertz CT molecular complexity index is 1710. The van der Waals surface area contributed by atoms with E-state index in [4.69, 9.17) is 18.9 Å². The summed E-state index contributed by atoms with van der Waals surface area (Å²) in [4.78, 5) is 52.7. The third-order valence-electron chi connectivity index (χ3n) is 10.9. The molecule has 2 aromatic rings. The summed E-state index contributed by atoms with van der Waals surface area (Å²) in [7, 11) is 0. The Balaban J connectivity index is 1.70. The molecular weight excluding hydrogens is 640 g/mol. The van der Waals surface area contributed by atoms with Crippen LogP contribution in [-0.2, 0) is 33.3 Å². The molecule has 8 unspecified atom stereocenters.